The molecule has 2 heterocycles. The predicted molar refractivity (Wildman–Crippen MR) is 141 cm³/mol. The molecule has 0 saturated carbocycles. The van der Waals surface area contributed by atoms with E-state index in [2.05, 4.69) is 0 Å². The van der Waals surface area contributed by atoms with Crippen molar-refractivity contribution in [3.8, 4) is 23.1 Å². The summed E-state index contributed by atoms with van der Waals surface area (Å²) in [6.07, 6.45) is -1.43. The molecule has 0 bridgehead atoms. The minimum atomic E-state index is -1.43. The summed E-state index contributed by atoms with van der Waals surface area (Å²) in [5, 5.41) is 11.0. The maximum absolute atomic E-state index is 11.7. The highest BCUT2D eigenvalue weighted by Gasteiger charge is 2.25. The van der Waals surface area contributed by atoms with Crippen LogP contribution in [0.15, 0.2) is 81.8 Å². The lowest BCUT2D eigenvalue weighted by Crippen LogP contribution is -2.11. The number of carbonyl (C=O) groups is 1. The highest BCUT2D eigenvalue weighted by Crippen LogP contribution is 2.41. The molecule has 11 heteroatoms. The van der Waals surface area contributed by atoms with Gasteiger partial charge in [0, 0.05) is 21.7 Å². The van der Waals surface area contributed by atoms with Gasteiger partial charge in [-0.2, -0.15) is 0 Å². The van der Waals surface area contributed by atoms with Crippen LogP contribution in [-0.4, -0.2) is 34.7 Å². The quantitative estimate of drug-likeness (QED) is 0.176. The van der Waals surface area contributed by atoms with E-state index in [1.165, 1.54) is 23.5 Å². The molecule has 0 fully saturated rings. The summed E-state index contributed by atoms with van der Waals surface area (Å²) >= 11 is 9.34. The first-order chi connectivity index (χ1) is 18.0. The van der Waals surface area contributed by atoms with Gasteiger partial charge in [0.25, 0.3) is 0 Å². The van der Waals surface area contributed by atoms with Crippen molar-refractivity contribution in [1.29, 1.82) is 0 Å². The van der Waals surface area contributed by atoms with E-state index in [1.54, 1.807) is 23.8 Å². The minimum Gasteiger partial charge on any atom is -0.497 e. The molecule has 0 unspecified atom stereocenters. The lowest BCUT2D eigenvalue weighted by atomic mass is 10.2. The molecule has 1 aromatic heterocycles. The molecule has 0 aliphatic carbocycles. The van der Waals surface area contributed by atoms with E-state index >= 15 is 0 Å². The fourth-order valence-electron chi connectivity index (χ4n) is 3.61. The van der Waals surface area contributed by atoms with Crippen LogP contribution in [0.5, 0.6) is 23.1 Å². The largest absolute Gasteiger partial charge is 0.512 e. The lowest BCUT2D eigenvalue weighted by molar-refractivity contribution is 0.139. The number of methoxy groups -OCH3 is 1. The van der Waals surface area contributed by atoms with E-state index < -0.39 is 6.16 Å². The van der Waals surface area contributed by atoms with Gasteiger partial charge >= 0.3 is 6.16 Å². The summed E-state index contributed by atoms with van der Waals surface area (Å²) in [5.74, 6) is 2.58. The molecule has 1 N–H and O–H groups in total. The number of nitrogens with zero attached hydrogens (tertiary/aromatic N) is 2. The van der Waals surface area contributed by atoms with Crippen molar-refractivity contribution in [2.45, 2.75) is 27.4 Å². The summed E-state index contributed by atoms with van der Waals surface area (Å²) < 4.78 is 23.2. The van der Waals surface area contributed by atoms with E-state index in [0.717, 1.165) is 16.2 Å². The zero-order valence-corrected chi connectivity index (χ0v) is 21.9. The highest BCUT2D eigenvalue weighted by atomic mass is 35.5. The van der Waals surface area contributed by atoms with Crippen LogP contribution in [0.25, 0.3) is 0 Å². The van der Waals surface area contributed by atoms with Crippen LogP contribution < -0.4 is 18.9 Å². The van der Waals surface area contributed by atoms with Gasteiger partial charge in [-0.15, -0.1) is 0 Å². The third-order valence-corrected chi connectivity index (χ3v) is 7.77. The molecule has 0 saturated heterocycles. The average Bonchev–Trinajstić information content (AvgIpc) is 3.48. The van der Waals surface area contributed by atoms with Crippen molar-refractivity contribution >= 4 is 41.3 Å². The zero-order valence-electron chi connectivity index (χ0n) is 19.5. The van der Waals surface area contributed by atoms with Gasteiger partial charge in [-0.25, -0.2) is 9.78 Å². The fraction of sp³-hybridized carbons (Fsp3) is 0.154. The zero-order chi connectivity index (χ0) is 25.8. The molecular weight excluding hydrogens is 536 g/mol. The molecule has 190 valence electrons. The van der Waals surface area contributed by atoms with Gasteiger partial charge < -0.3 is 24.1 Å². The van der Waals surface area contributed by atoms with Gasteiger partial charge in [-0.1, -0.05) is 65.5 Å². The number of fused-ring (bicyclic) bond motifs is 1. The summed E-state index contributed by atoms with van der Waals surface area (Å²) in [4.78, 5) is 17.4. The molecule has 8 nitrogen and oxygen atoms in total. The fourth-order valence-corrected chi connectivity index (χ4v) is 5.70. The van der Waals surface area contributed by atoms with Crippen LogP contribution in [0, 0.1) is 0 Å². The Balaban J connectivity index is 1.52. The monoisotopic (exact) mass is 556 g/mol. The molecule has 0 atom stereocenters. The molecule has 1 aliphatic heterocycles. The maximum atomic E-state index is 11.7. The Labute approximate surface area is 226 Å². The van der Waals surface area contributed by atoms with E-state index in [1.807, 2.05) is 54.6 Å². The number of aromatic nitrogens is 2. The number of thioether (sulfide) groups is 1. The number of benzene rings is 3. The Bertz CT molecular complexity index is 1410. The first-order valence-corrected chi connectivity index (χ1v) is 13.3. The minimum absolute atomic E-state index is 0.120. The number of rotatable bonds is 9. The molecule has 4 aromatic rings. The SMILES string of the molecule is COc1ccc(CSc2nc(Sc3ccccc3)n(Cc3cc4c(cc3Cl)OCO4)c2OC(=O)O)cc1. The smallest absolute Gasteiger partial charge is 0.497 e. The van der Waals surface area contributed by atoms with Crippen LogP contribution in [0.4, 0.5) is 4.79 Å². The summed E-state index contributed by atoms with van der Waals surface area (Å²) in [6.45, 7) is 0.332. The van der Waals surface area contributed by atoms with Crippen LogP contribution in [0.2, 0.25) is 5.02 Å². The number of hydrogen-bond donors (Lipinski definition) is 1. The lowest BCUT2D eigenvalue weighted by Gasteiger charge is -2.13. The summed E-state index contributed by atoms with van der Waals surface area (Å²) in [6, 6.07) is 20.8. The standard InChI is InChI=1S/C26H21ClN2O6S2/c1-32-18-9-7-16(8-10-18)14-36-23-24(35-26(30)31)29(25(28-23)37-19-5-3-2-4-6-19)13-17-11-21-22(12-20(17)27)34-15-33-21/h2-12H,13-15H2,1H3,(H,30,31). The van der Waals surface area contributed by atoms with Crippen molar-refractivity contribution < 1.29 is 28.8 Å². The van der Waals surface area contributed by atoms with Gasteiger partial charge in [-0.05, 0) is 41.5 Å². The Kier molecular flexibility index (Phi) is 7.68. The van der Waals surface area contributed by atoms with Crippen molar-refractivity contribution in [3.05, 3.63) is 82.9 Å². The molecule has 0 amide bonds. The molecule has 5 rings (SSSR count). The first kappa shape index (κ1) is 25.2. The van der Waals surface area contributed by atoms with Crippen molar-refractivity contribution in [2.75, 3.05) is 13.9 Å². The van der Waals surface area contributed by atoms with Crippen LogP contribution >= 0.6 is 35.1 Å². The molecule has 0 radical (unpaired) electrons. The van der Waals surface area contributed by atoms with Crippen LogP contribution in [0.1, 0.15) is 11.1 Å². The van der Waals surface area contributed by atoms with E-state index in [4.69, 9.17) is 35.5 Å². The van der Waals surface area contributed by atoms with Gasteiger partial charge in [0.1, 0.15) is 5.75 Å². The number of ether oxygens (including phenoxy) is 4. The Morgan fingerprint density at radius 1 is 1.11 bits per heavy atom. The van der Waals surface area contributed by atoms with Gasteiger partial charge in [-0.3, -0.25) is 4.57 Å². The highest BCUT2D eigenvalue weighted by molar-refractivity contribution is 7.99. The molecule has 3 aromatic carbocycles. The summed E-state index contributed by atoms with van der Waals surface area (Å²) in [5.41, 5.74) is 1.73. The molecular formula is C26H21ClN2O6S2. The molecule has 1 aliphatic rings. The normalized spacial score (nSPS) is 11.9. The van der Waals surface area contributed by atoms with Gasteiger partial charge in [0.2, 0.25) is 12.7 Å². The summed E-state index contributed by atoms with van der Waals surface area (Å²) in [7, 11) is 1.62. The Morgan fingerprint density at radius 3 is 2.54 bits per heavy atom. The third kappa shape index (κ3) is 5.93. The van der Waals surface area contributed by atoms with Gasteiger partial charge in [0.05, 0.1) is 13.7 Å². The van der Waals surface area contributed by atoms with E-state index in [9.17, 15) is 9.90 Å². The van der Waals surface area contributed by atoms with Crippen LogP contribution in [0.3, 0.4) is 0 Å². The van der Waals surface area contributed by atoms with Crippen molar-refractivity contribution in [3.63, 3.8) is 0 Å². The second kappa shape index (κ2) is 11.3. The Hall–Kier alpha value is -3.47. The second-order valence-corrected chi connectivity index (χ2v) is 10.2. The van der Waals surface area contributed by atoms with Crippen molar-refractivity contribution in [1.82, 2.24) is 9.55 Å². The molecule has 0 spiro atoms. The number of imidazole rings is 1. The second-order valence-electron chi connectivity index (χ2n) is 7.81. The van der Waals surface area contributed by atoms with Crippen LogP contribution in [-0.2, 0) is 12.3 Å². The maximum Gasteiger partial charge on any atom is 0.512 e. The van der Waals surface area contributed by atoms with E-state index in [-0.39, 0.29) is 19.2 Å². The van der Waals surface area contributed by atoms with E-state index in [0.29, 0.717) is 38.0 Å². The Morgan fingerprint density at radius 2 is 1.84 bits per heavy atom. The third-order valence-electron chi connectivity index (χ3n) is 5.40. The molecule has 37 heavy (non-hydrogen) atoms. The average molecular weight is 557 g/mol. The number of halogens is 1. The first-order valence-electron chi connectivity index (χ1n) is 11.1. The number of hydrogen-bond acceptors (Lipinski definition) is 8. The van der Waals surface area contributed by atoms with Crippen molar-refractivity contribution in [2.24, 2.45) is 0 Å². The van der Waals surface area contributed by atoms with Gasteiger partial charge in [0.15, 0.2) is 21.7 Å². The topological polar surface area (TPSA) is 92.0 Å². The number of carboxylic acid groups (broad SMARTS) is 1. The predicted octanol–water partition coefficient (Wildman–Crippen LogP) is 6.82.